The highest BCUT2D eigenvalue weighted by Gasteiger charge is 2.23. The van der Waals surface area contributed by atoms with Gasteiger partial charge >= 0.3 is 0 Å². The Hall–Kier alpha value is -2.61. The molecule has 2 aromatic carbocycles. The topological polar surface area (TPSA) is 75.7 Å². The fourth-order valence-electron chi connectivity index (χ4n) is 2.79. The number of aryl methyl sites for hydroxylation is 1. The third-order valence-electron chi connectivity index (χ3n) is 4.19. The van der Waals surface area contributed by atoms with Gasteiger partial charge in [-0.1, -0.05) is 37.3 Å². The van der Waals surface area contributed by atoms with Crippen LogP contribution in [0.2, 0.25) is 0 Å². The monoisotopic (exact) mass is 422 g/mol. The molecule has 0 aliphatic heterocycles. The number of rotatable bonds is 11. The number of para-hydroxylation sites is 2. The van der Waals surface area contributed by atoms with E-state index < -0.39 is 28.3 Å². The second kappa shape index (κ2) is 10.8. The van der Waals surface area contributed by atoms with Crippen molar-refractivity contribution in [2.45, 2.75) is 26.2 Å². The summed E-state index contributed by atoms with van der Waals surface area (Å²) in [4.78, 5) is 12.2. The molecule has 8 heteroatoms. The molecule has 6 nitrogen and oxygen atoms in total. The smallest absolute Gasteiger partial charge is 0.240 e. The lowest BCUT2D eigenvalue weighted by Crippen LogP contribution is -2.41. The second-order valence-electron chi connectivity index (χ2n) is 6.63. The van der Waals surface area contributed by atoms with E-state index in [0.29, 0.717) is 26.0 Å². The molecular weight excluding hydrogens is 395 g/mol. The molecule has 0 aromatic heterocycles. The predicted molar refractivity (Wildman–Crippen MR) is 112 cm³/mol. The van der Waals surface area contributed by atoms with Gasteiger partial charge in [0.05, 0.1) is 18.6 Å². The molecule has 0 heterocycles. The number of hydrogen-bond donors (Lipinski definition) is 1. The summed E-state index contributed by atoms with van der Waals surface area (Å²) in [6.07, 6.45) is 3.24. The molecule has 158 valence electrons. The number of nitrogens with zero attached hydrogens (tertiary/aromatic N) is 1. The maximum atomic E-state index is 14.0. The summed E-state index contributed by atoms with van der Waals surface area (Å²) in [5.41, 5.74) is 0.909. The Bertz CT molecular complexity index is 918. The van der Waals surface area contributed by atoms with Crippen molar-refractivity contribution in [3.05, 3.63) is 59.9 Å². The van der Waals surface area contributed by atoms with E-state index in [4.69, 9.17) is 4.74 Å². The quantitative estimate of drug-likeness (QED) is 0.565. The average Bonchev–Trinajstić information content (AvgIpc) is 2.68. The number of halogens is 1. The van der Waals surface area contributed by atoms with E-state index in [-0.39, 0.29) is 5.69 Å². The number of carbonyl (C=O) groups excluding carboxylic acids is 1. The first-order valence-corrected chi connectivity index (χ1v) is 11.4. The Labute approximate surface area is 171 Å². The van der Waals surface area contributed by atoms with Crippen LogP contribution in [0, 0.1) is 5.82 Å². The van der Waals surface area contributed by atoms with Crippen LogP contribution in [-0.4, -0.2) is 40.3 Å². The van der Waals surface area contributed by atoms with Crippen molar-refractivity contribution in [2.75, 3.05) is 30.3 Å². The van der Waals surface area contributed by atoms with E-state index in [9.17, 15) is 17.6 Å². The molecule has 0 saturated heterocycles. The van der Waals surface area contributed by atoms with E-state index in [1.54, 1.807) is 0 Å². The van der Waals surface area contributed by atoms with Crippen molar-refractivity contribution in [3.8, 4) is 5.75 Å². The van der Waals surface area contributed by atoms with E-state index >= 15 is 0 Å². The van der Waals surface area contributed by atoms with Gasteiger partial charge in [0, 0.05) is 6.54 Å². The lowest BCUT2D eigenvalue weighted by atomic mass is 10.1. The predicted octanol–water partition coefficient (Wildman–Crippen LogP) is 3.13. The molecule has 0 bridgehead atoms. The summed E-state index contributed by atoms with van der Waals surface area (Å²) in [5, 5.41) is 2.70. The molecule has 1 N–H and O–H groups in total. The number of carbonyl (C=O) groups is 1. The minimum atomic E-state index is -3.81. The fraction of sp³-hybridized carbons (Fsp3) is 0.381. The highest BCUT2D eigenvalue weighted by Crippen LogP contribution is 2.21. The molecule has 0 saturated carbocycles. The van der Waals surface area contributed by atoms with Crippen molar-refractivity contribution in [1.82, 2.24) is 5.32 Å². The average molecular weight is 423 g/mol. The van der Waals surface area contributed by atoms with E-state index in [2.05, 4.69) is 5.32 Å². The molecule has 1 amide bonds. The summed E-state index contributed by atoms with van der Waals surface area (Å²) < 4.78 is 44.5. The Kier molecular flexibility index (Phi) is 8.45. The maximum absolute atomic E-state index is 14.0. The highest BCUT2D eigenvalue weighted by atomic mass is 32.2. The number of benzene rings is 2. The van der Waals surface area contributed by atoms with Crippen LogP contribution in [0.25, 0.3) is 0 Å². The maximum Gasteiger partial charge on any atom is 0.240 e. The molecule has 0 aliphatic rings. The lowest BCUT2D eigenvalue weighted by molar-refractivity contribution is -0.119. The normalized spacial score (nSPS) is 11.1. The largest absolute Gasteiger partial charge is 0.493 e. The fourth-order valence-corrected chi connectivity index (χ4v) is 3.65. The third-order valence-corrected chi connectivity index (χ3v) is 5.31. The zero-order valence-electron chi connectivity index (χ0n) is 16.7. The van der Waals surface area contributed by atoms with Crippen molar-refractivity contribution in [3.63, 3.8) is 0 Å². The Morgan fingerprint density at radius 1 is 1.14 bits per heavy atom. The molecular formula is C21H27FN2O4S. The number of nitrogens with one attached hydrogen (secondary N) is 1. The molecule has 0 atom stereocenters. The molecule has 0 fully saturated rings. The summed E-state index contributed by atoms with van der Waals surface area (Å²) in [7, 11) is -3.81. The van der Waals surface area contributed by atoms with Crippen LogP contribution in [0.3, 0.4) is 0 Å². The number of sulfonamides is 1. The van der Waals surface area contributed by atoms with Crippen molar-refractivity contribution < 1.29 is 22.3 Å². The molecule has 0 aliphatic carbocycles. The van der Waals surface area contributed by atoms with Gasteiger partial charge in [-0.3, -0.25) is 9.10 Å². The van der Waals surface area contributed by atoms with Crippen LogP contribution in [0.5, 0.6) is 5.75 Å². The van der Waals surface area contributed by atoms with Crippen LogP contribution < -0.4 is 14.4 Å². The number of ether oxygens (including phenoxy) is 1. The van der Waals surface area contributed by atoms with Gasteiger partial charge in [-0.15, -0.1) is 0 Å². The summed E-state index contributed by atoms with van der Waals surface area (Å²) in [6, 6.07) is 13.2. The van der Waals surface area contributed by atoms with Gasteiger partial charge in [-0.25, -0.2) is 12.8 Å². The Morgan fingerprint density at radius 2 is 1.83 bits per heavy atom. The highest BCUT2D eigenvalue weighted by molar-refractivity contribution is 7.92. The van der Waals surface area contributed by atoms with Gasteiger partial charge < -0.3 is 10.1 Å². The van der Waals surface area contributed by atoms with Gasteiger partial charge in [-0.05, 0) is 43.0 Å². The Balaban J connectivity index is 1.90. The van der Waals surface area contributed by atoms with Crippen LogP contribution in [-0.2, 0) is 21.2 Å². The van der Waals surface area contributed by atoms with Crippen LogP contribution >= 0.6 is 0 Å². The lowest BCUT2D eigenvalue weighted by Gasteiger charge is -2.22. The summed E-state index contributed by atoms with van der Waals surface area (Å²) in [5.74, 6) is -0.355. The van der Waals surface area contributed by atoms with Crippen LogP contribution in [0.15, 0.2) is 48.5 Å². The van der Waals surface area contributed by atoms with Crippen molar-refractivity contribution >= 4 is 21.6 Å². The van der Waals surface area contributed by atoms with Gasteiger partial charge in [0.25, 0.3) is 0 Å². The third kappa shape index (κ3) is 7.05. The Morgan fingerprint density at radius 3 is 2.52 bits per heavy atom. The van der Waals surface area contributed by atoms with Crippen LogP contribution in [0.1, 0.15) is 25.3 Å². The van der Waals surface area contributed by atoms with E-state index in [1.165, 1.54) is 18.2 Å². The van der Waals surface area contributed by atoms with Crippen molar-refractivity contribution in [1.29, 1.82) is 0 Å². The summed E-state index contributed by atoms with van der Waals surface area (Å²) >= 11 is 0. The van der Waals surface area contributed by atoms with Crippen molar-refractivity contribution in [2.24, 2.45) is 0 Å². The minimum absolute atomic E-state index is 0.146. The number of anilines is 1. The first-order chi connectivity index (χ1) is 13.8. The second-order valence-corrected chi connectivity index (χ2v) is 8.54. The van der Waals surface area contributed by atoms with Gasteiger partial charge in [0.2, 0.25) is 15.9 Å². The summed E-state index contributed by atoms with van der Waals surface area (Å²) in [6.45, 7) is 2.58. The molecule has 0 unspecified atom stereocenters. The minimum Gasteiger partial charge on any atom is -0.493 e. The number of hydrogen-bond acceptors (Lipinski definition) is 4. The molecule has 29 heavy (non-hydrogen) atoms. The first-order valence-electron chi connectivity index (χ1n) is 9.52. The van der Waals surface area contributed by atoms with Gasteiger partial charge in [0.1, 0.15) is 18.1 Å². The van der Waals surface area contributed by atoms with Gasteiger partial charge in [-0.2, -0.15) is 0 Å². The first kappa shape index (κ1) is 22.7. The molecule has 2 rings (SSSR count). The molecule has 2 aromatic rings. The zero-order chi connectivity index (χ0) is 21.3. The van der Waals surface area contributed by atoms with Crippen LogP contribution in [0.4, 0.5) is 10.1 Å². The zero-order valence-corrected chi connectivity index (χ0v) is 17.5. The number of amides is 1. The van der Waals surface area contributed by atoms with E-state index in [1.807, 2.05) is 31.2 Å². The SMILES string of the molecule is CCCOc1ccccc1CCCNC(=O)CN(c1ccccc1F)S(C)(=O)=O. The molecule has 0 spiro atoms. The standard InChI is InChI=1S/C21H27FN2O4S/c1-3-15-28-20-13-7-4-9-17(20)10-8-14-23-21(25)16-24(29(2,26)27)19-12-6-5-11-18(19)22/h4-7,9,11-13H,3,8,10,14-16H2,1-2H3,(H,23,25). The molecule has 0 radical (unpaired) electrons. The van der Waals surface area contributed by atoms with Gasteiger partial charge in [0.15, 0.2) is 0 Å². The van der Waals surface area contributed by atoms with E-state index in [0.717, 1.165) is 34.4 Å².